The van der Waals surface area contributed by atoms with Crippen LogP contribution in [0.2, 0.25) is 0 Å². The maximum atomic E-state index is 9.88. The summed E-state index contributed by atoms with van der Waals surface area (Å²) < 4.78 is 0.138. The Labute approximate surface area is 87.0 Å². The van der Waals surface area contributed by atoms with Crippen LogP contribution in [0.5, 0.6) is 0 Å². The lowest BCUT2D eigenvalue weighted by atomic mass is 10.2. The Hall–Kier alpha value is -0.440. The first-order valence-electron chi connectivity index (χ1n) is 3.20. The van der Waals surface area contributed by atoms with Crippen LogP contribution in [-0.2, 0) is 4.79 Å². The van der Waals surface area contributed by atoms with Gasteiger partial charge in [0.25, 0.3) is 0 Å². The van der Waals surface area contributed by atoms with Gasteiger partial charge in [0.2, 0.25) is 6.08 Å². The summed E-state index contributed by atoms with van der Waals surface area (Å²) in [5, 5.41) is 0. The van der Waals surface area contributed by atoms with E-state index in [1.807, 2.05) is 12.1 Å². The Bertz CT molecular complexity index is 301. The smallest absolute Gasteiger partial charge is 0.211 e. The maximum absolute atomic E-state index is 9.88. The molecule has 1 aromatic rings. The van der Waals surface area contributed by atoms with E-state index in [9.17, 15) is 4.79 Å². The maximum Gasteiger partial charge on any atom is 0.240 e. The van der Waals surface area contributed by atoms with Gasteiger partial charge in [-0.2, -0.15) is 4.99 Å². The molecule has 0 N–H and O–H groups in total. The summed E-state index contributed by atoms with van der Waals surface area (Å²) >= 11 is 6.71. The normalized spacial score (nSPS) is 9.58. The Morgan fingerprint density at radius 1 is 1.25 bits per heavy atom. The van der Waals surface area contributed by atoms with Crippen LogP contribution in [-0.4, -0.2) is 6.08 Å². The minimum atomic E-state index is 0.138. The molecule has 0 atom stereocenters. The summed E-state index contributed by atoms with van der Waals surface area (Å²) in [6.07, 6.45) is 1.48. The van der Waals surface area contributed by atoms with E-state index in [0.29, 0.717) is 5.69 Å². The quantitative estimate of drug-likeness (QED) is 0.466. The minimum absolute atomic E-state index is 0.138. The Kier molecular flexibility index (Phi) is 3.66. The van der Waals surface area contributed by atoms with E-state index in [2.05, 4.69) is 36.9 Å². The molecule has 0 fully saturated rings. The first kappa shape index (κ1) is 9.65. The standard InChI is InChI=1S/C8H5Br2NO/c9-8(10)6-1-3-7(4-2-6)11-5-12/h1-4,8H. The van der Waals surface area contributed by atoms with Gasteiger partial charge in [0, 0.05) is 0 Å². The zero-order valence-corrected chi connectivity index (χ0v) is 9.17. The number of isocyanates is 1. The number of benzene rings is 1. The highest BCUT2D eigenvalue weighted by molar-refractivity contribution is 9.24. The van der Waals surface area contributed by atoms with Crippen molar-refractivity contribution in [3.8, 4) is 0 Å². The average Bonchev–Trinajstić information content (AvgIpc) is 2.06. The van der Waals surface area contributed by atoms with Crippen molar-refractivity contribution in [1.82, 2.24) is 0 Å². The van der Waals surface area contributed by atoms with Crippen molar-refractivity contribution in [1.29, 1.82) is 0 Å². The van der Waals surface area contributed by atoms with Gasteiger partial charge in [0.1, 0.15) is 0 Å². The van der Waals surface area contributed by atoms with Gasteiger partial charge in [0.15, 0.2) is 0 Å². The lowest BCUT2D eigenvalue weighted by molar-refractivity contribution is 0.565. The monoisotopic (exact) mass is 289 g/mol. The summed E-state index contributed by atoms with van der Waals surface area (Å²) in [6, 6.07) is 7.28. The summed E-state index contributed by atoms with van der Waals surface area (Å²) in [4.78, 5) is 13.4. The van der Waals surface area contributed by atoms with Crippen LogP contribution in [0, 0.1) is 0 Å². The Balaban J connectivity index is 2.92. The number of aliphatic imine (C=N–C) groups is 1. The fraction of sp³-hybridized carbons (Fsp3) is 0.125. The largest absolute Gasteiger partial charge is 0.240 e. The van der Waals surface area contributed by atoms with Crippen molar-refractivity contribution < 1.29 is 4.79 Å². The van der Waals surface area contributed by atoms with E-state index in [1.165, 1.54) is 6.08 Å². The molecule has 0 aliphatic carbocycles. The molecular weight excluding hydrogens is 286 g/mol. The third-order valence-electron chi connectivity index (χ3n) is 1.32. The summed E-state index contributed by atoms with van der Waals surface area (Å²) in [5.74, 6) is 0. The van der Waals surface area contributed by atoms with Gasteiger partial charge >= 0.3 is 0 Å². The molecule has 0 amide bonds. The fourth-order valence-corrected chi connectivity index (χ4v) is 1.36. The number of rotatable bonds is 2. The van der Waals surface area contributed by atoms with Crippen LogP contribution < -0.4 is 0 Å². The van der Waals surface area contributed by atoms with E-state index in [-0.39, 0.29) is 3.74 Å². The van der Waals surface area contributed by atoms with E-state index < -0.39 is 0 Å². The van der Waals surface area contributed by atoms with Crippen molar-refractivity contribution >= 4 is 43.6 Å². The first-order valence-corrected chi connectivity index (χ1v) is 5.03. The molecule has 0 saturated carbocycles. The number of nitrogens with zero attached hydrogens (tertiary/aromatic N) is 1. The van der Waals surface area contributed by atoms with Gasteiger partial charge in [-0.15, -0.1) is 0 Å². The molecule has 2 nitrogen and oxygen atoms in total. The van der Waals surface area contributed by atoms with E-state index in [1.54, 1.807) is 12.1 Å². The third-order valence-corrected chi connectivity index (χ3v) is 2.38. The molecule has 0 heterocycles. The predicted molar refractivity (Wildman–Crippen MR) is 54.8 cm³/mol. The zero-order chi connectivity index (χ0) is 8.97. The second-order valence-corrected chi connectivity index (χ2v) is 5.16. The summed E-state index contributed by atoms with van der Waals surface area (Å²) in [7, 11) is 0. The van der Waals surface area contributed by atoms with Gasteiger partial charge in [-0.1, -0.05) is 44.0 Å². The molecule has 0 saturated heterocycles. The molecule has 0 radical (unpaired) electrons. The first-order chi connectivity index (χ1) is 5.74. The molecule has 0 spiro atoms. The van der Waals surface area contributed by atoms with Crippen LogP contribution in [0.3, 0.4) is 0 Å². The molecule has 1 rings (SSSR count). The number of carbonyl (C=O) groups excluding carboxylic acids is 1. The van der Waals surface area contributed by atoms with Gasteiger partial charge in [-0.25, -0.2) is 4.79 Å². The minimum Gasteiger partial charge on any atom is -0.211 e. The fourth-order valence-electron chi connectivity index (χ4n) is 0.747. The van der Waals surface area contributed by atoms with E-state index in [4.69, 9.17) is 0 Å². The zero-order valence-electron chi connectivity index (χ0n) is 6.00. The van der Waals surface area contributed by atoms with Crippen molar-refractivity contribution in [2.75, 3.05) is 0 Å². The average molecular weight is 291 g/mol. The van der Waals surface area contributed by atoms with Crippen molar-refractivity contribution in [2.45, 2.75) is 3.74 Å². The molecule has 12 heavy (non-hydrogen) atoms. The number of alkyl halides is 2. The molecule has 0 unspecified atom stereocenters. The van der Waals surface area contributed by atoms with Gasteiger partial charge in [0.05, 0.1) is 9.42 Å². The van der Waals surface area contributed by atoms with Crippen molar-refractivity contribution in [3.63, 3.8) is 0 Å². The highest BCUT2D eigenvalue weighted by Crippen LogP contribution is 2.29. The van der Waals surface area contributed by atoms with E-state index >= 15 is 0 Å². The van der Waals surface area contributed by atoms with Crippen LogP contribution in [0.25, 0.3) is 0 Å². The van der Waals surface area contributed by atoms with Crippen LogP contribution in [0.1, 0.15) is 9.30 Å². The second kappa shape index (κ2) is 4.55. The predicted octanol–water partition coefficient (Wildman–Crippen LogP) is 3.44. The topological polar surface area (TPSA) is 29.4 Å². The van der Waals surface area contributed by atoms with Crippen LogP contribution in [0.4, 0.5) is 5.69 Å². The molecule has 0 aliphatic heterocycles. The van der Waals surface area contributed by atoms with Gasteiger partial charge < -0.3 is 0 Å². The number of hydrogen-bond acceptors (Lipinski definition) is 2. The van der Waals surface area contributed by atoms with E-state index in [0.717, 1.165) is 5.56 Å². The number of hydrogen-bond donors (Lipinski definition) is 0. The van der Waals surface area contributed by atoms with Gasteiger partial charge in [-0.05, 0) is 17.7 Å². The third kappa shape index (κ3) is 2.55. The molecule has 0 aromatic heterocycles. The lowest BCUT2D eigenvalue weighted by Crippen LogP contribution is -1.77. The summed E-state index contributed by atoms with van der Waals surface area (Å²) in [5.41, 5.74) is 1.70. The molecule has 62 valence electrons. The van der Waals surface area contributed by atoms with Crippen LogP contribution in [0.15, 0.2) is 29.3 Å². The highest BCUT2D eigenvalue weighted by atomic mass is 79.9. The SMILES string of the molecule is O=C=Nc1ccc(C(Br)Br)cc1. The van der Waals surface area contributed by atoms with Crippen molar-refractivity contribution in [2.24, 2.45) is 4.99 Å². The van der Waals surface area contributed by atoms with Gasteiger partial charge in [-0.3, -0.25) is 0 Å². The molecule has 0 bridgehead atoms. The highest BCUT2D eigenvalue weighted by Gasteiger charge is 2.00. The number of halogens is 2. The second-order valence-electron chi connectivity index (χ2n) is 2.10. The van der Waals surface area contributed by atoms with Crippen molar-refractivity contribution in [3.05, 3.63) is 29.8 Å². The molecule has 1 aromatic carbocycles. The molecule has 0 aliphatic rings. The molecule has 4 heteroatoms. The van der Waals surface area contributed by atoms with Crippen LogP contribution >= 0.6 is 31.9 Å². The Morgan fingerprint density at radius 2 is 1.83 bits per heavy atom. The Morgan fingerprint density at radius 3 is 2.25 bits per heavy atom. The molecular formula is C8H5Br2NO. The summed E-state index contributed by atoms with van der Waals surface area (Å²) in [6.45, 7) is 0. The lowest BCUT2D eigenvalue weighted by Gasteiger charge is -2.00.